The Balaban J connectivity index is 1.58. The van der Waals surface area contributed by atoms with Gasteiger partial charge < -0.3 is 19.5 Å². The van der Waals surface area contributed by atoms with Gasteiger partial charge in [-0.3, -0.25) is 14.9 Å². The lowest BCUT2D eigenvalue weighted by molar-refractivity contribution is 0.0729. The van der Waals surface area contributed by atoms with Crippen LogP contribution in [0.15, 0.2) is 67.0 Å². The van der Waals surface area contributed by atoms with E-state index < -0.39 is 6.04 Å². The van der Waals surface area contributed by atoms with Crippen LogP contribution in [-0.4, -0.2) is 44.8 Å². The van der Waals surface area contributed by atoms with E-state index in [0.29, 0.717) is 47.2 Å². The first kappa shape index (κ1) is 24.4. The Morgan fingerprint density at radius 1 is 1.08 bits per heavy atom. The highest BCUT2D eigenvalue weighted by Crippen LogP contribution is 2.46. The molecule has 1 aliphatic heterocycles. The molecule has 0 saturated heterocycles. The van der Waals surface area contributed by atoms with Gasteiger partial charge in [-0.2, -0.15) is 5.10 Å². The highest BCUT2D eigenvalue weighted by Gasteiger charge is 2.42. The number of nitrogens with one attached hydrogen (secondary N) is 1. The highest BCUT2D eigenvalue weighted by molar-refractivity contribution is 6.00. The van der Waals surface area contributed by atoms with E-state index in [0.717, 1.165) is 30.4 Å². The third-order valence-electron chi connectivity index (χ3n) is 6.61. The molecule has 1 amide bonds. The molecule has 1 aliphatic rings. The zero-order chi connectivity index (χ0) is 25.8. The van der Waals surface area contributed by atoms with Crippen molar-refractivity contribution >= 4 is 5.91 Å². The molecule has 4 aromatic rings. The molecular formula is C29H30N4O4. The second-order valence-electron chi connectivity index (χ2n) is 9.04. The van der Waals surface area contributed by atoms with E-state index in [1.807, 2.05) is 36.4 Å². The first-order chi connectivity index (χ1) is 18.1. The van der Waals surface area contributed by atoms with Crippen LogP contribution in [0.1, 0.15) is 59.4 Å². The monoisotopic (exact) mass is 498 g/mol. The van der Waals surface area contributed by atoms with Crippen molar-refractivity contribution in [1.82, 2.24) is 20.1 Å². The minimum atomic E-state index is -0.459. The van der Waals surface area contributed by atoms with E-state index >= 15 is 0 Å². The second-order valence-corrected chi connectivity index (χ2v) is 9.04. The lowest BCUT2D eigenvalue weighted by Crippen LogP contribution is -2.29. The normalized spacial score (nSPS) is 14.6. The predicted molar refractivity (Wildman–Crippen MR) is 140 cm³/mol. The van der Waals surface area contributed by atoms with Gasteiger partial charge >= 0.3 is 0 Å². The molecule has 2 N–H and O–H groups in total. The van der Waals surface area contributed by atoms with Crippen molar-refractivity contribution < 1.29 is 19.4 Å². The fraction of sp³-hybridized carbons (Fsp3) is 0.276. The third-order valence-corrected chi connectivity index (χ3v) is 6.61. The van der Waals surface area contributed by atoms with E-state index in [9.17, 15) is 9.90 Å². The van der Waals surface area contributed by atoms with Crippen molar-refractivity contribution in [3.8, 4) is 28.5 Å². The first-order valence-electron chi connectivity index (χ1n) is 12.5. The van der Waals surface area contributed by atoms with E-state index in [1.54, 1.807) is 42.6 Å². The average molecular weight is 499 g/mol. The molecule has 8 nitrogen and oxygen atoms in total. The smallest absolute Gasteiger partial charge is 0.273 e. The van der Waals surface area contributed by atoms with E-state index in [2.05, 4.69) is 22.1 Å². The minimum Gasteiger partial charge on any atom is -0.507 e. The summed E-state index contributed by atoms with van der Waals surface area (Å²) in [7, 11) is 1.61. The first-order valence-corrected chi connectivity index (χ1v) is 12.5. The van der Waals surface area contributed by atoms with Crippen LogP contribution >= 0.6 is 0 Å². The Hall–Kier alpha value is -4.33. The Kier molecular flexibility index (Phi) is 7.07. The number of para-hydroxylation sites is 1. The number of carbonyl (C=O) groups is 1. The zero-order valence-corrected chi connectivity index (χ0v) is 21.0. The number of aromatic amines is 1. The third kappa shape index (κ3) is 4.74. The van der Waals surface area contributed by atoms with Crippen LogP contribution in [0, 0.1) is 0 Å². The van der Waals surface area contributed by atoms with Crippen LogP contribution in [0.4, 0.5) is 0 Å². The fourth-order valence-electron chi connectivity index (χ4n) is 4.78. The van der Waals surface area contributed by atoms with Crippen molar-refractivity contribution in [3.63, 3.8) is 0 Å². The summed E-state index contributed by atoms with van der Waals surface area (Å²) in [5, 5.41) is 18.0. The number of phenolic OH excluding ortho intramolecular Hbond substituents is 1. The molecule has 5 rings (SSSR count). The average Bonchev–Trinajstić information content (AvgIpc) is 3.46. The molecule has 1 unspecified atom stereocenters. The van der Waals surface area contributed by atoms with Gasteiger partial charge in [0.1, 0.15) is 17.1 Å². The molecule has 1 atom stereocenters. The molecule has 2 aromatic carbocycles. The Morgan fingerprint density at radius 2 is 1.95 bits per heavy atom. The maximum Gasteiger partial charge on any atom is 0.273 e. The Labute approximate surface area is 215 Å². The molecule has 37 heavy (non-hydrogen) atoms. The number of benzene rings is 2. The predicted octanol–water partition coefficient (Wildman–Crippen LogP) is 5.50. The van der Waals surface area contributed by atoms with Crippen molar-refractivity contribution in [1.29, 1.82) is 0 Å². The van der Waals surface area contributed by atoms with Crippen LogP contribution in [-0.2, 0) is 6.54 Å². The molecule has 2 aromatic heterocycles. The van der Waals surface area contributed by atoms with Gasteiger partial charge in [-0.25, -0.2) is 0 Å². The van der Waals surface area contributed by atoms with Crippen molar-refractivity contribution in [2.24, 2.45) is 0 Å². The summed E-state index contributed by atoms with van der Waals surface area (Å²) >= 11 is 0. The van der Waals surface area contributed by atoms with Crippen molar-refractivity contribution in [2.45, 2.75) is 38.8 Å². The highest BCUT2D eigenvalue weighted by atomic mass is 16.5. The van der Waals surface area contributed by atoms with Gasteiger partial charge in [0.05, 0.1) is 19.8 Å². The number of aromatic nitrogens is 3. The summed E-state index contributed by atoms with van der Waals surface area (Å²) in [6.07, 6.45) is 6.66. The number of H-pyrrole nitrogens is 1. The topological polar surface area (TPSA) is 101 Å². The lowest BCUT2D eigenvalue weighted by Gasteiger charge is -2.27. The molecule has 0 aliphatic carbocycles. The van der Waals surface area contributed by atoms with Gasteiger partial charge in [-0.05, 0) is 47.9 Å². The fourth-order valence-corrected chi connectivity index (χ4v) is 4.78. The number of methoxy groups -OCH3 is 1. The van der Waals surface area contributed by atoms with Crippen LogP contribution < -0.4 is 9.47 Å². The maximum absolute atomic E-state index is 13.7. The number of nitrogens with zero attached hydrogens (tertiary/aromatic N) is 3. The quantitative estimate of drug-likeness (QED) is 0.280. The number of pyridine rings is 1. The van der Waals surface area contributed by atoms with Gasteiger partial charge in [0.25, 0.3) is 5.91 Å². The number of ether oxygens (including phenoxy) is 2. The number of hydrogen-bond donors (Lipinski definition) is 2. The van der Waals surface area contributed by atoms with Gasteiger partial charge in [-0.1, -0.05) is 44.0 Å². The van der Waals surface area contributed by atoms with Crippen LogP contribution in [0.3, 0.4) is 0 Å². The molecule has 0 fully saturated rings. The number of hydrogen-bond acceptors (Lipinski definition) is 6. The number of unbranched alkanes of at least 4 members (excludes halogenated alkanes) is 2. The molecular weight excluding hydrogens is 468 g/mol. The van der Waals surface area contributed by atoms with Crippen LogP contribution in [0.25, 0.3) is 11.3 Å². The number of fused-ring (bicyclic) bond motifs is 1. The SMILES string of the molecule is CCCCCOc1ccc(C2c3c(-c4ccccc4O)n[nH]c3C(=O)N2Cc2cccnc2)cc1OC. The van der Waals surface area contributed by atoms with Crippen LogP contribution in [0.5, 0.6) is 17.2 Å². The summed E-state index contributed by atoms with van der Waals surface area (Å²) in [6, 6.07) is 16.1. The number of rotatable bonds is 10. The molecule has 8 heteroatoms. The number of phenols is 1. The summed E-state index contributed by atoms with van der Waals surface area (Å²) < 4.78 is 11.7. The Bertz CT molecular complexity index is 1390. The standard InChI is InChI=1S/C29H30N4O4/c1-3-4-7-15-37-23-13-12-20(16-24(23)36-2)28-25-26(21-10-5-6-11-22(21)34)31-32-27(25)29(35)33(28)18-19-9-8-14-30-17-19/h5-6,8-14,16-17,28,34H,3-4,7,15,18H2,1-2H3,(H,31,32). The molecule has 190 valence electrons. The van der Waals surface area contributed by atoms with E-state index in [1.165, 1.54) is 0 Å². The van der Waals surface area contributed by atoms with E-state index in [4.69, 9.17) is 9.47 Å². The summed E-state index contributed by atoms with van der Waals surface area (Å²) in [4.78, 5) is 19.7. The number of carbonyl (C=O) groups excluding carboxylic acids is 1. The number of aromatic hydroxyl groups is 1. The number of amides is 1. The molecule has 3 heterocycles. The van der Waals surface area contributed by atoms with Crippen LogP contribution in [0.2, 0.25) is 0 Å². The molecule has 0 bridgehead atoms. The van der Waals surface area contributed by atoms with E-state index in [-0.39, 0.29) is 11.7 Å². The van der Waals surface area contributed by atoms with Gasteiger partial charge in [-0.15, -0.1) is 0 Å². The summed E-state index contributed by atoms with van der Waals surface area (Å²) in [5.41, 5.74) is 3.99. The van der Waals surface area contributed by atoms with Crippen molar-refractivity contribution in [3.05, 3.63) is 89.4 Å². The summed E-state index contributed by atoms with van der Waals surface area (Å²) in [5.74, 6) is 1.20. The lowest BCUT2D eigenvalue weighted by atomic mass is 9.95. The molecule has 0 saturated carbocycles. The Morgan fingerprint density at radius 3 is 2.70 bits per heavy atom. The van der Waals surface area contributed by atoms with Gasteiger partial charge in [0.2, 0.25) is 0 Å². The minimum absolute atomic E-state index is 0.0992. The largest absolute Gasteiger partial charge is 0.507 e. The maximum atomic E-state index is 13.7. The van der Waals surface area contributed by atoms with Gasteiger partial charge in [0, 0.05) is 30.1 Å². The second kappa shape index (κ2) is 10.7. The van der Waals surface area contributed by atoms with Crippen molar-refractivity contribution in [2.75, 3.05) is 13.7 Å². The zero-order valence-electron chi connectivity index (χ0n) is 21.0. The molecule has 0 radical (unpaired) electrons. The van der Waals surface area contributed by atoms with Gasteiger partial charge in [0.15, 0.2) is 11.5 Å². The summed E-state index contributed by atoms with van der Waals surface area (Å²) in [6.45, 7) is 3.13. The molecule has 0 spiro atoms.